The molecule has 6 heteroatoms. The Labute approximate surface area is 135 Å². The highest BCUT2D eigenvalue weighted by Crippen LogP contribution is 2.38. The number of hydrogen-bond donors (Lipinski definition) is 0. The summed E-state index contributed by atoms with van der Waals surface area (Å²) in [6.07, 6.45) is 1.26. The van der Waals surface area contributed by atoms with E-state index in [1.54, 1.807) is 6.20 Å². The van der Waals surface area contributed by atoms with Crippen molar-refractivity contribution >= 4 is 17.2 Å². The van der Waals surface area contributed by atoms with Crippen molar-refractivity contribution in [1.29, 1.82) is 0 Å². The Morgan fingerprint density at radius 3 is 2.55 bits per heavy atom. The van der Waals surface area contributed by atoms with Gasteiger partial charge < -0.3 is 14.4 Å². The van der Waals surface area contributed by atoms with E-state index in [0.717, 1.165) is 11.6 Å². The summed E-state index contributed by atoms with van der Waals surface area (Å²) in [5.74, 6) is 1.77. The maximum Gasteiger partial charge on any atom is 0.265 e. The van der Waals surface area contributed by atoms with Crippen LogP contribution in [0.4, 0.5) is 0 Å². The standard InChI is InChI=1S/C16H24N2O3S/c1-9(2)11-8-18(13(11)10(3)4)15(19)12-7-17-14(22-12)16-20-5-6-21-16/h7,9-11,13,16H,5-6,8H2,1-4H3/t11-,13+/m1/s1. The maximum atomic E-state index is 12.8. The van der Waals surface area contributed by atoms with Crippen LogP contribution < -0.4 is 0 Å². The van der Waals surface area contributed by atoms with Crippen molar-refractivity contribution in [3.8, 4) is 0 Å². The summed E-state index contributed by atoms with van der Waals surface area (Å²) in [6.45, 7) is 10.9. The molecular formula is C16H24N2O3S. The zero-order valence-corrected chi connectivity index (χ0v) is 14.4. The zero-order chi connectivity index (χ0) is 15.9. The summed E-state index contributed by atoms with van der Waals surface area (Å²) in [5.41, 5.74) is 0. The van der Waals surface area contributed by atoms with E-state index in [9.17, 15) is 4.79 Å². The van der Waals surface area contributed by atoms with Crippen LogP contribution >= 0.6 is 11.3 Å². The number of carbonyl (C=O) groups excluding carboxylic acids is 1. The molecule has 0 bridgehead atoms. The Hall–Kier alpha value is -0.980. The molecule has 2 aliphatic rings. The van der Waals surface area contributed by atoms with Gasteiger partial charge in [-0.2, -0.15) is 0 Å². The van der Waals surface area contributed by atoms with Gasteiger partial charge in [0.25, 0.3) is 5.91 Å². The van der Waals surface area contributed by atoms with Crippen molar-refractivity contribution in [3.63, 3.8) is 0 Å². The quantitative estimate of drug-likeness (QED) is 0.854. The number of ether oxygens (including phenoxy) is 2. The molecule has 1 amide bonds. The van der Waals surface area contributed by atoms with E-state index in [1.807, 2.05) is 4.90 Å². The van der Waals surface area contributed by atoms with E-state index in [0.29, 0.717) is 41.9 Å². The number of rotatable bonds is 4. The SMILES string of the molecule is CC(C)[C@H]1CN(C(=O)c2cnc(C3OCCO3)s2)[C@H]1C(C)C. The van der Waals surface area contributed by atoms with E-state index >= 15 is 0 Å². The van der Waals surface area contributed by atoms with Crippen LogP contribution in [0.2, 0.25) is 0 Å². The van der Waals surface area contributed by atoms with Gasteiger partial charge in [0, 0.05) is 12.6 Å². The topological polar surface area (TPSA) is 51.7 Å². The first-order valence-electron chi connectivity index (χ1n) is 7.99. The number of aromatic nitrogens is 1. The predicted octanol–water partition coefficient (Wildman–Crippen LogP) is 2.94. The van der Waals surface area contributed by atoms with Crippen molar-refractivity contribution in [2.45, 2.75) is 40.0 Å². The molecule has 2 saturated heterocycles. The number of hydrogen-bond acceptors (Lipinski definition) is 5. The van der Waals surface area contributed by atoms with Gasteiger partial charge in [-0.1, -0.05) is 27.7 Å². The van der Waals surface area contributed by atoms with Crippen molar-refractivity contribution in [2.24, 2.45) is 17.8 Å². The Bertz CT molecular complexity index is 537. The second kappa shape index (κ2) is 6.26. The summed E-state index contributed by atoms with van der Waals surface area (Å²) >= 11 is 1.39. The number of likely N-dealkylation sites (tertiary alicyclic amines) is 1. The Morgan fingerprint density at radius 2 is 1.95 bits per heavy atom. The summed E-state index contributed by atoms with van der Waals surface area (Å²) in [6, 6.07) is 0.331. The van der Waals surface area contributed by atoms with Gasteiger partial charge in [0.2, 0.25) is 6.29 Å². The van der Waals surface area contributed by atoms with Crippen LogP contribution in [0.25, 0.3) is 0 Å². The lowest BCUT2D eigenvalue weighted by atomic mass is 9.74. The molecule has 0 saturated carbocycles. The van der Waals surface area contributed by atoms with Crippen molar-refractivity contribution in [2.75, 3.05) is 19.8 Å². The van der Waals surface area contributed by atoms with Crippen LogP contribution in [0.15, 0.2) is 6.20 Å². The van der Waals surface area contributed by atoms with Gasteiger partial charge in [0.05, 0.1) is 19.4 Å². The van der Waals surface area contributed by atoms with E-state index in [1.165, 1.54) is 11.3 Å². The fraction of sp³-hybridized carbons (Fsp3) is 0.750. The van der Waals surface area contributed by atoms with Gasteiger partial charge in [0.15, 0.2) is 0 Å². The van der Waals surface area contributed by atoms with Gasteiger partial charge in [-0.15, -0.1) is 11.3 Å². The molecule has 122 valence electrons. The van der Waals surface area contributed by atoms with Crippen molar-refractivity contribution in [3.05, 3.63) is 16.1 Å². The molecule has 0 radical (unpaired) electrons. The normalized spacial score (nSPS) is 26.0. The first-order valence-corrected chi connectivity index (χ1v) is 8.80. The second-order valence-corrected chi connectivity index (χ2v) is 7.80. The molecule has 3 heterocycles. The first-order chi connectivity index (χ1) is 10.5. The highest BCUT2D eigenvalue weighted by Gasteiger charge is 2.45. The van der Waals surface area contributed by atoms with Gasteiger partial charge in [-0.3, -0.25) is 4.79 Å². The first kappa shape index (κ1) is 15.9. The predicted molar refractivity (Wildman–Crippen MR) is 84.7 cm³/mol. The lowest BCUT2D eigenvalue weighted by Gasteiger charge is -2.52. The molecule has 0 aliphatic carbocycles. The molecule has 2 aliphatic heterocycles. The van der Waals surface area contributed by atoms with Gasteiger partial charge in [0.1, 0.15) is 9.88 Å². The van der Waals surface area contributed by atoms with Gasteiger partial charge in [-0.05, 0) is 17.8 Å². The third-order valence-electron chi connectivity index (χ3n) is 4.56. The Morgan fingerprint density at radius 1 is 1.27 bits per heavy atom. The third-order valence-corrected chi connectivity index (χ3v) is 5.57. The molecular weight excluding hydrogens is 300 g/mol. The number of carbonyl (C=O) groups is 1. The van der Waals surface area contributed by atoms with Crippen LogP contribution in [-0.4, -0.2) is 41.6 Å². The summed E-state index contributed by atoms with van der Waals surface area (Å²) in [7, 11) is 0. The smallest absolute Gasteiger partial charge is 0.265 e. The summed E-state index contributed by atoms with van der Waals surface area (Å²) < 4.78 is 10.9. The van der Waals surface area contributed by atoms with E-state index in [2.05, 4.69) is 32.7 Å². The number of amides is 1. The largest absolute Gasteiger partial charge is 0.344 e. The second-order valence-electron chi connectivity index (χ2n) is 6.74. The van der Waals surface area contributed by atoms with Crippen LogP contribution in [0.5, 0.6) is 0 Å². The Kier molecular flexibility index (Phi) is 4.52. The fourth-order valence-electron chi connectivity index (χ4n) is 3.37. The fourth-order valence-corrected chi connectivity index (χ4v) is 4.24. The summed E-state index contributed by atoms with van der Waals surface area (Å²) in [4.78, 5) is 19.7. The molecule has 0 N–H and O–H groups in total. The maximum absolute atomic E-state index is 12.8. The highest BCUT2D eigenvalue weighted by molar-refractivity contribution is 7.13. The minimum Gasteiger partial charge on any atom is -0.344 e. The van der Waals surface area contributed by atoms with Gasteiger partial charge in [-0.25, -0.2) is 4.98 Å². The monoisotopic (exact) mass is 324 g/mol. The highest BCUT2D eigenvalue weighted by atomic mass is 32.1. The van der Waals surface area contributed by atoms with E-state index in [4.69, 9.17) is 9.47 Å². The average molecular weight is 324 g/mol. The van der Waals surface area contributed by atoms with Crippen molar-refractivity contribution < 1.29 is 14.3 Å². The third kappa shape index (κ3) is 2.79. The molecule has 2 atom stereocenters. The number of thiazole rings is 1. The molecule has 5 nitrogen and oxygen atoms in total. The zero-order valence-electron chi connectivity index (χ0n) is 13.6. The lowest BCUT2D eigenvalue weighted by molar-refractivity contribution is -0.0442. The van der Waals surface area contributed by atoms with Gasteiger partial charge >= 0.3 is 0 Å². The lowest BCUT2D eigenvalue weighted by Crippen LogP contribution is -2.62. The van der Waals surface area contributed by atoms with E-state index in [-0.39, 0.29) is 5.91 Å². The van der Waals surface area contributed by atoms with Crippen molar-refractivity contribution in [1.82, 2.24) is 9.88 Å². The average Bonchev–Trinajstić information content (AvgIpc) is 3.07. The van der Waals surface area contributed by atoms with Crippen LogP contribution in [0.3, 0.4) is 0 Å². The van der Waals surface area contributed by atoms with E-state index < -0.39 is 6.29 Å². The molecule has 0 aromatic carbocycles. The molecule has 1 aromatic heterocycles. The summed E-state index contributed by atoms with van der Waals surface area (Å²) in [5, 5.41) is 0.739. The molecule has 22 heavy (non-hydrogen) atoms. The minimum atomic E-state index is -0.396. The number of nitrogens with zero attached hydrogens (tertiary/aromatic N) is 2. The molecule has 3 rings (SSSR count). The Balaban J connectivity index is 1.71. The molecule has 2 fully saturated rings. The minimum absolute atomic E-state index is 0.0948. The van der Waals surface area contributed by atoms with Crippen LogP contribution in [0, 0.1) is 17.8 Å². The molecule has 0 spiro atoms. The molecule has 0 unspecified atom stereocenters. The molecule has 1 aromatic rings. The van der Waals surface area contributed by atoms with Crippen LogP contribution in [0.1, 0.15) is 48.7 Å². The van der Waals surface area contributed by atoms with Crippen LogP contribution in [-0.2, 0) is 9.47 Å².